The fraction of sp³-hybridized carbons (Fsp3) is 0.667. The largest absolute Gasteiger partial charge is 0.462 e. The number of esters is 1. The molecule has 3 heterocycles. The number of epoxide rings is 1. The zero-order chi connectivity index (χ0) is 23.4. The molecule has 0 aromatic rings. The Morgan fingerprint density at radius 1 is 1.16 bits per heavy atom. The van der Waals surface area contributed by atoms with Crippen LogP contribution in [0.3, 0.4) is 0 Å². The van der Waals surface area contributed by atoms with Crippen molar-refractivity contribution in [1.82, 2.24) is 0 Å². The summed E-state index contributed by atoms with van der Waals surface area (Å²) in [6.07, 6.45) is 9.06. The summed E-state index contributed by atoms with van der Waals surface area (Å²) in [6, 6.07) is 0. The van der Waals surface area contributed by atoms with Crippen molar-refractivity contribution in [2.45, 2.75) is 103 Å². The van der Waals surface area contributed by atoms with Gasteiger partial charge in [0, 0.05) is 12.8 Å². The molecule has 0 saturated carbocycles. The van der Waals surface area contributed by atoms with Crippen molar-refractivity contribution in [3.63, 3.8) is 0 Å². The Morgan fingerprint density at radius 3 is 2.62 bits per heavy atom. The van der Waals surface area contributed by atoms with Crippen LogP contribution in [0.5, 0.6) is 0 Å². The summed E-state index contributed by atoms with van der Waals surface area (Å²) in [5.41, 5.74) is 3.00. The van der Waals surface area contributed by atoms with Gasteiger partial charge < -0.3 is 19.3 Å². The molecule has 3 rings (SSSR count). The highest BCUT2D eigenvalue weighted by atomic mass is 16.6. The Kier molecular flexibility index (Phi) is 8.54. The van der Waals surface area contributed by atoms with E-state index in [0.717, 1.165) is 36.0 Å². The summed E-state index contributed by atoms with van der Waals surface area (Å²) in [6.45, 7) is 16.4. The Labute approximate surface area is 193 Å². The summed E-state index contributed by atoms with van der Waals surface area (Å²) < 4.78 is 18.0. The third kappa shape index (κ3) is 6.43. The van der Waals surface area contributed by atoms with E-state index in [0.29, 0.717) is 19.3 Å². The van der Waals surface area contributed by atoms with Crippen molar-refractivity contribution < 1.29 is 24.1 Å². The van der Waals surface area contributed by atoms with Crippen LogP contribution < -0.4 is 0 Å². The Morgan fingerprint density at radius 2 is 1.91 bits per heavy atom. The molecule has 0 radical (unpaired) electrons. The SMILES string of the molecule is C=C1C[C@H](O)[C@@H]2O[C@H]2[C@H]2CC(=C)[C@@H](CC[C@@H](C/C=C/C)OC(=O)[C@H](C)C[C@@H](C)/C=C/1C)O2. The number of cyclic esters (lactones) is 1. The van der Waals surface area contributed by atoms with Crippen molar-refractivity contribution in [2.75, 3.05) is 0 Å². The zero-order valence-corrected chi connectivity index (χ0v) is 20.1. The lowest BCUT2D eigenvalue weighted by Gasteiger charge is -2.22. The highest BCUT2D eigenvalue weighted by Crippen LogP contribution is 2.40. The second-order valence-corrected chi connectivity index (χ2v) is 9.87. The highest BCUT2D eigenvalue weighted by Gasteiger charge is 2.52. The molecule has 2 saturated heterocycles. The van der Waals surface area contributed by atoms with E-state index in [1.165, 1.54) is 0 Å². The van der Waals surface area contributed by atoms with Gasteiger partial charge in [-0.3, -0.25) is 4.79 Å². The number of carbonyl (C=O) groups excluding carboxylic acids is 1. The summed E-state index contributed by atoms with van der Waals surface area (Å²) >= 11 is 0. The van der Waals surface area contributed by atoms with Crippen molar-refractivity contribution in [3.8, 4) is 0 Å². The molecule has 0 aromatic carbocycles. The van der Waals surface area contributed by atoms with E-state index in [4.69, 9.17) is 14.2 Å². The molecular weight excluding hydrogens is 404 g/mol. The molecule has 0 unspecified atom stereocenters. The maximum atomic E-state index is 12.8. The van der Waals surface area contributed by atoms with E-state index >= 15 is 0 Å². The lowest BCUT2D eigenvalue weighted by atomic mass is 9.92. The lowest BCUT2D eigenvalue weighted by molar-refractivity contribution is -0.154. The molecular formula is C27H40O5. The van der Waals surface area contributed by atoms with Gasteiger partial charge in [0.2, 0.25) is 0 Å². The third-order valence-corrected chi connectivity index (χ3v) is 6.91. The Bertz CT molecular complexity index is 766. The maximum Gasteiger partial charge on any atom is 0.308 e. The molecule has 3 aliphatic heterocycles. The number of ether oxygens (including phenoxy) is 3. The van der Waals surface area contributed by atoms with Gasteiger partial charge in [0.1, 0.15) is 18.3 Å². The fourth-order valence-corrected chi connectivity index (χ4v) is 4.88. The molecule has 0 spiro atoms. The first kappa shape index (κ1) is 24.9. The molecule has 2 fully saturated rings. The molecule has 0 aliphatic carbocycles. The number of aliphatic hydroxyl groups excluding tert-OH is 1. The molecule has 178 valence electrons. The Balaban J connectivity index is 1.77. The van der Waals surface area contributed by atoms with E-state index in [2.05, 4.69) is 26.2 Å². The predicted octanol–water partition coefficient (Wildman–Crippen LogP) is 5.06. The van der Waals surface area contributed by atoms with Gasteiger partial charge in [0.25, 0.3) is 0 Å². The molecule has 0 aromatic heterocycles. The van der Waals surface area contributed by atoms with Gasteiger partial charge in [-0.25, -0.2) is 0 Å². The predicted molar refractivity (Wildman–Crippen MR) is 126 cm³/mol. The molecule has 5 nitrogen and oxygen atoms in total. The number of carbonyl (C=O) groups is 1. The van der Waals surface area contributed by atoms with Crippen molar-refractivity contribution in [3.05, 3.63) is 48.1 Å². The number of hydrogen-bond donors (Lipinski definition) is 1. The van der Waals surface area contributed by atoms with Gasteiger partial charge in [-0.1, -0.05) is 50.8 Å². The van der Waals surface area contributed by atoms with Crippen LogP contribution in [0.25, 0.3) is 0 Å². The van der Waals surface area contributed by atoms with Crippen LogP contribution >= 0.6 is 0 Å². The molecule has 32 heavy (non-hydrogen) atoms. The monoisotopic (exact) mass is 444 g/mol. The van der Waals surface area contributed by atoms with Crippen LogP contribution in [0.15, 0.2) is 48.1 Å². The van der Waals surface area contributed by atoms with E-state index in [9.17, 15) is 9.90 Å². The van der Waals surface area contributed by atoms with Gasteiger partial charge >= 0.3 is 5.97 Å². The third-order valence-electron chi connectivity index (χ3n) is 6.91. The lowest BCUT2D eigenvalue weighted by Crippen LogP contribution is -2.26. The van der Waals surface area contributed by atoms with Gasteiger partial charge in [0.05, 0.1) is 24.2 Å². The van der Waals surface area contributed by atoms with Crippen LogP contribution in [0, 0.1) is 11.8 Å². The summed E-state index contributed by atoms with van der Waals surface area (Å²) in [5.74, 6) is -0.134. The van der Waals surface area contributed by atoms with E-state index in [1.807, 2.05) is 32.9 Å². The van der Waals surface area contributed by atoms with Crippen LogP contribution in [-0.4, -0.2) is 47.7 Å². The van der Waals surface area contributed by atoms with E-state index in [1.54, 1.807) is 0 Å². The normalized spacial score (nSPS) is 41.4. The Hall–Kier alpha value is -1.69. The topological polar surface area (TPSA) is 68.3 Å². The average molecular weight is 445 g/mol. The fourth-order valence-electron chi connectivity index (χ4n) is 4.88. The average Bonchev–Trinajstić information content (AvgIpc) is 3.45. The maximum absolute atomic E-state index is 12.8. The number of hydrogen-bond acceptors (Lipinski definition) is 5. The minimum atomic E-state index is -0.597. The van der Waals surface area contributed by atoms with Gasteiger partial charge in [-0.15, -0.1) is 0 Å². The quantitative estimate of drug-likeness (QED) is 0.366. The molecule has 8 atom stereocenters. The molecule has 0 amide bonds. The number of rotatable bonds is 2. The number of fused-ring (bicyclic) bond motifs is 4. The molecule has 3 aliphatic rings. The van der Waals surface area contributed by atoms with Gasteiger partial charge in [0.15, 0.2) is 0 Å². The van der Waals surface area contributed by atoms with Gasteiger partial charge in [-0.2, -0.15) is 0 Å². The van der Waals surface area contributed by atoms with E-state index in [-0.39, 0.29) is 48.3 Å². The summed E-state index contributed by atoms with van der Waals surface area (Å²) in [5, 5.41) is 10.7. The first-order chi connectivity index (χ1) is 15.2. The highest BCUT2D eigenvalue weighted by molar-refractivity contribution is 5.72. The standard InChI is InChI=1S/C27H40O5/c1-7-8-9-21-10-11-23-19(5)15-24(31-23)26-25(32-26)22(28)14-18(4)17(3)12-16(2)13-20(6)27(29)30-21/h7-8,12,16,20-26,28H,4-5,9-11,13-15H2,1-3,6H3/b8-7+,17-12+/t16-,20+,21+,22-,23+,24+,25-,26-/m0/s1. The molecule has 2 bridgehead atoms. The van der Waals surface area contributed by atoms with Crippen molar-refractivity contribution >= 4 is 5.97 Å². The van der Waals surface area contributed by atoms with Crippen LogP contribution in [-0.2, 0) is 19.0 Å². The number of allylic oxidation sites excluding steroid dienone is 3. The minimum absolute atomic E-state index is 0.0646. The molecule has 1 N–H and O–H groups in total. The zero-order valence-electron chi connectivity index (χ0n) is 20.1. The first-order valence-electron chi connectivity index (χ1n) is 12.0. The second-order valence-electron chi connectivity index (χ2n) is 9.87. The van der Waals surface area contributed by atoms with Crippen LogP contribution in [0.2, 0.25) is 0 Å². The summed E-state index contributed by atoms with van der Waals surface area (Å²) in [4.78, 5) is 12.8. The van der Waals surface area contributed by atoms with Crippen molar-refractivity contribution in [2.24, 2.45) is 11.8 Å². The van der Waals surface area contributed by atoms with E-state index < -0.39 is 6.10 Å². The van der Waals surface area contributed by atoms with Gasteiger partial charge in [-0.05, 0) is 56.6 Å². The summed E-state index contributed by atoms with van der Waals surface area (Å²) in [7, 11) is 0. The number of aliphatic hydroxyl groups is 1. The smallest absolute Gasteiger partial charge is 0.308 e. The van der Waals surface area contributed by atoms with Crippen LogP contribution in [0.4, 0.5) is 0 Å². The minimum Gasteiger partial charge on any atom is -0.462 e. The van der Waals surface area contributed by atoms with Crippen LogP contribution in [0.1, 0.15) is 66.2 Å². The molecule has 5 heteroatoms. The van der Waals surface area contributed by atoms with Crippen molar-refractivity contribution in [1.29, 1.82) is 0 Å². The first-order valence-corrected chi connectivity index (χ1v) is 12.0. The second kappa shape index (κ2) is 11.0.